The summed E-state index contributed by atoms with van der Waals surface area (Å²) in [5.41, 5.74) is 0. The number of thioether (sulfide) groups is 1. The van der Waals surface area contributed by atoms with Gasteiger partial charge in [0.25, 0.3) is 0 Å². The average Bonchev–Trinajstić information content (AvgIpc) is 2.46. The van der Waals surface area contributed by atoms with Gasteiger partial charge in [-0.05, 0) is 18.7 Å². The molecule has 0 radical (unpaired) electrons. The van der Waals surface area contributed by atoms with Crippen LogP contribution in [-0.2, 0) is 4.74 Å². The molecule has 72 valence electrons. The van der Waals surface area contributed by atoms with E-state index in [0.717, 1.165) is 20.4 Å². The first-order valence-corrected chi connectivity index (χ1v) is 5.80. The van der Waals surface area contributed by atoms with Gasteiger partial charge in [-0.1, -0.05) is 6.92 Å². The van der Waals surface area contributed by atoms with Crippen LogP contribution in [0.25, 0.3) is 0 Å². The summed E-state index contributed by atoms with van der Waals surface area (Å²) in [6.07, 6.45) is 0. The topological polar surface area (TPSA) is 26.3 Å². The Morgan fingerprint density at radius 3 is 2.92 bits per heavy atom. The van der Waals surface area contributed by atoms with Gasteiger partial charge in [-0.2, -0.15) is 0 Å². The second kappa shape index (κ2) is 4.67. The average molecular weight is 216 g/mol. The van der Waals surface area contributed by atoms with Crippen LogP contribution in [0, 0.1) is 6.92 Å². The number of thiophene rings is 1. The summed E-state index contributed by atoms with van der Waals surface area (Å²) in [6, 6.07) is 2.03. The predicted octanol–water partition coefficient (Wildman–Crippen LogP) is 2.96. The van der Waals surface area contributed by atoms with Crippen molar-refractivity contribution in [3.63, 3.8) is 0 Å². The van der Waals surface area contributed by atoms with Gasteiger partial charge < -0.3 is 4.74 Å². The third-order valence-corrected chi connectivity index (χ3v) is 3.57. The molecule has 4 heteroatoms. The number of ether oxygens (including phenoxy) is 1. The second-order valence-electron chi connectivity index (χ2n) is 2.48. The summed E-state index contributed by atoms with van der Waals surface area (Å²) >= 11 is 3.17. The van der Waals surface area contributed by atoms with Gasteiger partial charge in [0.15, 0.2) is 0 Å². The number of rotatable bonds is 3. The molecular formula is C9H12O2S2. The van der Waals surface area contributed by atoms with Gasteiger partial charge >= 0.3 is 5.97 Å². The monoisotopic (exact) mass is 216 g/mol. The SMILES string of the molecule is CCSc1cc(C)sc1C(=O)OC. The van der Waals surface area contributed by atoms with E-state index in [1.165, 1.54) is 18.4 Å². The van der Waals surface area contributed by atoms with Crippen LogP contribution < -0.4 is 0 Å². The van der Waals surface area contributed by atoms with Crippen molar-refractivity contribution < 1.29 is 9.53 Å². The van der Waals surface area contributed by atoms with Crippen molar-refractivity contribution in [3.8, 4) is 0 Å². The van der Waals surface area contributed by atoms with E-state index in [0.29, 0.717) is 0 Å². The van der Waals surface area contributed by atoms with Crippen LogP contribution in [-0.4, -0.2) is 18.8 Å². The van der Waals surface area contributed by atoms with Gasteiger partial charge in [0.1, 0.15) is 4.88 Å². The molecule has 1 heterocycles. The molecule has 0 aliphatic carbocycles. The summed E-state index contributed by atoms with van der Waals surface area (Å²) in [5, 5.41) is 0. The standard InChI is InChI=1S/C9H12O2S2/c1-4-12-7-5-6(2)13-8(7)9(10)11-3/h5H,4H2,1-3H3. The Kier molecular flexibility index (Phi) is 3.81. The first kappa shape index (κ1) is 10.6. The molecule has 1 aromatic heterocycles. The molecule has 1 rings (SSSR count). The third-order valence-electron chi connectivity index (χ3n) is 1.49. The zero-order chi connectivity index (χ0) is 9.84. The quantitative estimate of drug-likeness (QED) is 0.574. The van der Waals surface area contributed by atoms with Gasteiger partial charge in [0, 0.05) is 9.77 Å². The lowest BCUT2D eigenvalue weighted by Crippen LogP contribution is -1.99. The van der Waals surface area contributed by atoms with Crippen LogP contribution in [0.15, 0.2) is 11.0 Å². The van der Waals surface area contributed by atoms with Gasteiger partial charge in [-0.15, -0.1) is 23.1 Å². The maximum absolute atomic E-state index is 11.3. The number of methoxy groups -OCH3 is 1. The van der Waals surface area contributed by atoms with Crippen molar-refractivity contribution in [2.45, 2.75) is 18.7 Å². The molecule has 0 aliphatic heterocycles. The number of aryl methyl sites for hydroxylation is 1. The van der Waals surface area contributed by atoms with Gasteiger partial charge in [-0.25, -0.2) is 4.79 Å². The van der Waals surface area contributed by atoms with Crippen molar-refractivity contribution in [3.05, 3.63) is 15.8 Å². The summed E-state index contributed by atoms with van der Waals surface area (Å²) in [4.78, 5) is 14.2. The van der Waals surface area contributed by atoms with E-state index < -0.39 is 0 Å². The van der Waals surface area contributed by atoms with E-state index >= 15 is 0 Å². The molecule has 0 bridgehead atoms. The lowest BCUT2D eigenvalue weighted by atomic mass is 10.4. The normalized spacial score (nSPS) is 10.1. The van der Waals surface area contributed by atoms with Crippen LogP contribution in [0.2, 0.25) is 0 Å². The summed E-state index contributed by atoms with van der Waals surface area (Å²) in [6.45, 7) is 4.07. The zero-order valence-electron chi connectivity index (χ0n) is 7.92. The van der Waals surface area contributed by atoms with Gasteiger partial charge in [-0.3, -0.25) is 0 Å². The Morgan fingerprint density at radius 2 is 2.38 bits per heavy atom. The van der Waals surface area contributed by atoms with Crippen LogP contribution in [0.3, 0.4) is 0 Å². The van der Waals surface area contributed by atoms with E-state index in [1.54, 1.807) is 11.8 Å². The fourth-order valence-electron chi connectivity index (χ4n) is 0.989. The van der Waals surface area contributed by atoms with Crippen LogP contribution >= 0.6 is 23.1 Å². The summed E-state index contributed by atoms with van der Waals surface area (Å²) in [5.74, 6) is 0.745. The number of carbonyl (C=O) groups is 1. The van der Waals surface area contributed by atoms with E-state index in [2.05, 4.69) is 6.92 Å². The highest BCUT2D eigenvalue weighted by molar-refractivity contribution is 7.99. The minimum absolute atomic E-state index is 0.228. The van der Waals surface area contributed by atoms with Crippen LogP contribution in [0.1, 0.15) is 21.5 Å². The number of hydrogen-bond acceptors (Lipinski definition) is 4. The predicted molar refractivity (Wildman–Crippen MR) is 56.8 cm³/mol. The molecule has 0 unspecified atom stereocenters. The molecule has 0 amide bonds. The Labute approximate surface area is 86.3 Å². The Hall–Kier alpha value is -0.480. The van der Waals surface area contributed by atoms with Gasteiger partial charge in [0.2, 0.25) is 0 Å². The smallest absolute Gasteiger partial charge is 0.349 e. The molecule has 0 atom stereocenters. The minimum atomic E-state index is -0.228. The van der Waals surface area contributed by atoms with Gasteiger partial charge in [0.05, 0.1) is 7.11 Å². The Balaban J connectivity index is 2.96. The van der Waals surface area contributed by atoms with Crippen LogP contribution in [0.5, 0.6) is 0 Å². The molecule has 0 fully saturated rings. The molecule has 13 heavy (non-hydrogen) atoms. The first-order chi connectivity index (χ1) is 6.19. The van der Waals surface area contributed by atoms with E-state index in [1.807, 2.05) is 13.0 Å². The molecule has 0 N–H and O–H groups in total. The van der Waals surface area contributed by atoms with Crippen molar-refractivity contribution in [1.29, 1.82) is 0 Å². The molecule has 2 nitrogen and oxygen atoms in total. The maximum Gasteiger partial charge on any atom is 0.349 e. The van der Waals surface area contributed by atoms with E-state index in [-0.39, 0.29) is 5.97 Å². The molecule has 0 saturated heterocycles. The van der Waals surface area contributed by atoms with E-state index in [4.69, 9.17) is 4.74 Å². The molecule has 0 aliphatic rings. The molecule has 0 saturated carbocycles. The fraction of sp³-hybridized carbons (Fsp3) is 0.444. The van der Waals surface area contributed by atoms with Crippen LogP contribution in [0.4, 0.5) is 0 Å². The molecule has 0 aromatic carbocycles. The number of hydrogen-bond donors (Lipinski definition) is 0. The Morgan fingerprint density at radius 1 is 1.69 bits per heavy atom. The van der Waals surface area contributed by atoms with E-state index in [9.17, 15) is 4.79 Å². The first-order valence-electron chi connectivity index (χ1n) is 4.00. The second-order valence-corrected chi connectivity index (χ2v) is 5.04. The van der Waals surface area contributed by atoms with Crippen molar-refractivity contribution in [2.24, 2.45) is 0 Å². The molecule has 1 aromatic rings. The minimum Gasteiger partial charge on any atom is -0.465 e. The van der Waals surface area contributed by atoms with Crippen molar-refractivity contribution in [1.82, 2.24) is 0 Å². The lowest BCUT2D eigenvalue weighted by Gasteiger charge is -1.98. The maximum atomic E-state index is 11.3. The number of esters is 1. The van der Waals surface area contributed by atoms with Crippen molar-refractivity contribution in [2.75, 3.05) is 12.9 Å². The highest BCUT2D eigenvalue weighted by Gasteiger charge is 2.14. The number of carbonyl (C=O) groups excluding carboxylic acids is 1. The third kappa shape index (κ3) is 2.48. The summed E-state index contributed by atoms with van der Waals surface area (Å²) in [7, 11) is 1.41. The highest BCUT2D eigenvalue weighted by atomic mass is 32.2. The fourth-order valence-corrected chi connectivity index (χ4v) is 2.98. The Bertz CT molecular complexity index is 305. The highest BCUT2D eigenvalue weighted by Crippen LogP contribution is 2.30. The lowest BCUT2D eigenvalue weighted by molar-refractivity contribution is 0.0603. The molecule has 0 spiro atoms. The largest absolute Gasteiger partial charge is 0.465 e. The zero-order valence-corrected chi connectivity index (χ0v) is 9.55. The van der Waals surface area contributed by atoms with Crippen molar-refractivity contribution >= 4 is 29.1 Å². The molecular weight excluding hydrogens is 204 g/mol. The summed E-state index contributed by atoms with van der Waals surface area (Å²) < 4.78 is 4.69.